The fourth-order valence-corrected chi connectivity index (χ4v) is 2.51. The summed E-state index contributed by atoms with van der Waals surface area (Å²) in [5.74, 6) is 1.06. The van der Waals surface area contributed by atoms with E-state index in [0.717, 1.165) is 11.3 Å². The number of carbonyl (C=O) groups excluding carboxylic acids is 1. The fourth-order valence-electron chi connectivity index (χ4n) is 2.33. The van der Waals surface area contributed by atoms with Gasteiger partial charge in [0.2, 0.25) is 5.91 Å². The minimum atomic E-state index is -0.532. The van der Waals surface area contributed by atoms with Crippen LogP contribution in [0.15, 0.2) is 53.1 Å². The highest BCUT2D eigenvalue weighted by atomic mass is 35.5. The number of hydrogen-bond donors (Lipinski definition) is 1. The number of amides is 1. The summed E-state index contributed by atoms with van der Waals surface area (Å²) in [6.07, 6.45) is 2.14. The van der Waals surface area contributed by atoms with Crippen LogP contribution in [0.4, 0.5) is 10.1 Å². The molecule has 1 aromatic heterocycles. The van der Waals surface area contributed by atoms with Crippen LogP contribution in [0, 0.1) is 5.82 Å². The Labute approximate surface area is 154 Å². The summed E-state index contributed by atoms with van der Waals surface area (Å²) in [5.41, 5.74) is 1.31. The van der Waals surface area contributed by atoms with Gasteiger partial charge >= 0.3 is 0 Å². The second kappa shape index (κ2) is 8.01. The highest BCUT2D eigenvalue weighted by Gasteiger charge is 2.10. The Bertz CT molecular complexity index is 909. The van der Waals surface area contributed by atoms with Crippen molar-refractivity contribution in [2.75, 3.05) is 12.4 Å². The highest BCUT2D eigenvalue weighted by molar-refractivity contribution is 6.31. The summed E-state index contributed by atoms with van der Waals surface area (Å²) < 4.78 is 23.9. The van der Waals surface area contributed by atoms with E-state index >= 15 is 0 Å². The van der Waals surface area contributed by atoms with Crippen LogP contribution < -0.4 is 10.1 Å². The van der Waals surface area contributed by atoms with E-state index < -0.39 is 5.82 Å². The van der Waals surface area contributed by atoms with Crippen molar-refractivity contribution in [3.8, 4) is 17.1 Å². The molecular formula is C19H16ClFN2O3. The molecule has 0 saturated heterocycles. The van der Waals surface area contributed by atoms with Crippen LogP contribution in [0.5, 0.6) is 5.75 Å². The Kier molecular flexibility index (Phi) is 5.53. The number of halogens is 2. The van der Waals surface area contributed by atoms with Crippen molar-refractivity contribution in [1.29, 1.82) is 0 Å². The second-order valence-electron chi connectivity index (χ2n) is 5.52. The summed E-state index contributed by atoms with van der Waals surface area (Å²) in [5, 5.41) is 2.62. The molecule has 0 atom stereocenters. The van der Waals surface area contributed by atoms with Gasteiger partial charge in [0.1, 0.15) is 11.6 Å². The molecule has 0 saturated carbocycles. The van der Waals surface area contributed by atoms with E-state index in [9.17, 15) is 9.18 Å². The van der Waals surface area contributed by atoms with Gasteiger partial charge in [0.15, 0.2) is 11.7 Å². The van der Waals surface area contributed by atoms with Gasteiger partial charge in [-0.3, -0.25) is 4.79 Å². The van der Waals surface area contributed by atoms with Crippen LogP contribution in [0.25, 0.3) is 11.3 Å². The van der Waals surface area contributed by atoms with Gasteiger partial charge in [-0.2, -0.15) is 0 Å². The molecule has 0 fully saturated rings. The number of nitrogens with one attached hydrogen (secondary N) is 1. The summed E-state index contributed by atoms with van der Waals surface area (Å²) in [4.78, 5) is 16.2. The van der Waals surface area contributed by atoms with Gasteiger partial charge in [-0.25, -0.2) is 9.37 Å². The first-order chi connectivity index (χ1) is 12.5. The Morgan fingerprint density at radius 2 is 2.04 bits per heavy atom. The van der Waals surface area contributed by atoms with Crippen LogP contribution >= 0.6 is 11.6 Å². The molecule has 0 spiro atoms. The Balaban J connectivity index is 1.56. The number of methoxy groups -OCH3 is 1. The van der Waals surface area contributed by atoms with E-state index in [1.807, 2.05) is 24.3 Å². The first kappa shape index (κ1) is 17.9. The summed E-state index contributed by atoms with van der Waals surface area (Å²) in [6, 6.07) is 11.4. The molecule has 0 radical (unpaired) electrons. The smallest absolute Gasteiger partial charge is 0.224 e. The second-order valence-corrected chi connectivity index (χ2v) is 5.93. The molecule has 3 aromatic rings. The number of oxazole rings is 1. The predicted octanol–water partition coefficient (Wildman–Crippen LogP) is 4.71. The summed E-state index contributed by atoms with van der Waals surface area (Å²) in [7, 11) is 1.60. The number of benzene rings is 2. The average Bonchev–Trinajstić information content (AvgIpc) is 3.12. The van der Waals surface area contributed by atoms with Gasteiger partial charge in [-0.15, -0.1) is 0 Å². The lowest BCUT2D eigenvalue weighted by atomic mass is 10.2. The third kappa shape index (κ3) is 4.40. The molecule has 2 aromatic carbocycles. The number of aryl methyl sites for hydroxylation is 1. The standard InChI is InChI=1S/C19H16ClFN2O3/c1-25-14-5-2-12(3-6-14)17-11-22-19(26-17)9-8-18(24)23-13-4-7-16(21)15(20)10-13/h2-7,10-11H,8-9H2,1H3,(H,23,24). The predicted molar refractivity (Wildman–Crippen MR) is 96.9 cm³/mol. The summed E-state index contributed by atoms with van der Waals surface area (Å²) >= 11 is 5.69. The quantitative estimate of drug-likeness (QED) is 0.678. The third-order valence-electron chi connectivity index (χ3n) is 3.70. The number of rotatable bonds is 6. The van der Waals surface area contributed by atoms with Crippen molar-refractivity contribution in [2.45, 2.75) is 12.8 Å². The van der Waals surface area contributed by atoms with Gasteiger partial charge in [-0.1, -0.05) is 11.6 Å². The lowest BCUT2D eigenvalue weighted by Gasteiger charge is -2.05. The van der Waals surface area contributed by atoms with Crippen LogP contribution in [0.2, 0.25) is 5.02 Å². The van der Waals surface area contributed by atoms with E-state index in [-0.39, 0.29) is 17.4 Å². The maximum absolute atomic E-state index is 13.1. The van der Waals surface area contributed by atoms with Crippen molar-refractivity contribution in [1.82, 2.24) is 4.98 Å². The zero-order chi connectivity index (χ0) is 18.5. The molecule has 7 heteroatoms. The molecular weight excluding hydrogens is 359 g/mol. The van der Waals surface area contributed by atoms with Crippen molar-refractivity contribution >= 4 is 23.2 Å². The molecule has 1 heterocycles. The molecule has 0 aliphatic rings. The van der Waals surface area contributed by atoms with E-state index in [1.54, 1.807) is 13.3 Å². The molecule has 0 aliphatic carbocycles. The topological polar surface area (TPSA) is 64.4 Å². The number of ether oxygens (including phenoxy) is 1. The van der Waals surface area contributed by atoms with Gasteiger partial charge in [0.05, 0.1) is 18.3 Å². The van der Waals surface area contributed by atoms with E-state index in [0.29, 0.717) is 23.8 Å². The van der Waals surface area contributed by atoms with E-state index in [2.05, 4.69) is 10.3 Å². The van der Waals surface area contributed by atoms with Crippen molar-refractivity contribution in [3.05, 3.63) is 65.4 Å². The lowest BCUT2D eigenvalue weighted by molar-refractivity contribution is -0.116. The first-order valence-corrected chi connectivity index (χ1v) is 8.27. The molecule has 3 rings (SSSR count). The minimum absolute atomic E-state index is 0.0420. The molecule has 1 N–H and O–H groups in total. The monoisotopic (exact) mass is 374 g/mol. The summed E-state index contributed by atoms with van der Waals surface area (Å²) in [6.45, 7) is 0. The average molecular weight is 375 g/mol. The van der Waals surface area contributed by atoms with Crippen molar-refractivity contribution in [2.24, 2.45) is 0 Å². The Morgan fingerprint density at radius 3 is 2.73 bits per heavy atom. The Morgan fingerprint density at radius 1 is 1.27 bits per heavy atom. The normalized spacial score (nSPS) is 10.6. The third-order valence-corrected chi connectivity index (χ3v) is 3.99. The van der Waals surface area contributed by atoms with Crippen LogP contribution in [0.1, 0.15) is 12.3 Å². The van der Waals surface area contributed by atoms with E-state index in [4.69, 9.17) is 20.8 Å². The van der Waals surface area contributed by atoms with Crippen LogP contribution in [-0.4, -0.2) is 18.0 Å². The number of hydrogen-bond acceptors (Lipinski definition) is 4. The van der Waals surface area contributed by atoms with Crippen LogP contribution in [0.3, 0.4) is 0 Å². The molecule has 1 amide bonds. The largest absolute Gasteiger partial charge is 0.497 e. The number of anilines is 1. The van der Waals surface area contributed by atoms with Gasteiger partial charge in [0.25, 0.3) is 0 Å². The van der Waals surface area contributed by atoms with Crippen LogP contribution in [-0.2, 0) is 11.2 Å². The number of aromatic nitrogens is 1. The highest BCUT2D eigenvalue weighted by Crippen LogP contribution is 2.24. The zero-order valence-corrected chi connectivity index (χ0v) is 14.7. The van der Waals surface area contributed by atoms with E-state index in [1.165, 1.54) is 18.2 Å². The minimum Gasteiger partial charge on any atom is -0.497 e. The first-order valence-electron chi connectivity index (χ1n) is 7.89. The lowest BCUT2D eigenvalue weighted by Crippen LogP contribution is -2.12. The maximum atomic E-state index is 13.1. The SMILES string of the molecule is COc1ccc(-c2cnc(CCC(=O)Nc3ccc(F)c(Cl)c3)o2)cc1. The van der Waals surface area contributed by atoms with Crippen molar-refractivity contribution in [3.63, 3.8) is 0 Å². The molecule has 134 valence electrons. The fraction of sp³-hybridized carbons (Fsp3) is 0.158. The van der Waals surface area contributed by atoms with Gasteiger partial charge in [0, 0.05) is 24.1 Å². The number of nitrogens with zero attached hydrogens (tertiary/aromatic N) is 1. The molecule has 0 bridgehead atoms. The van der Waals surface area contributed by atoms with Gasteiger partial charge < -0.3 is 14.5 Å². The molecule has 5 nitrogen and oxygen atoms in total. The maximum Gasteiger partial charge on any atom is 0.224 e. The van der Waals surface area contributed by atoms with Gasteiger partial charge in [-0.05, 0) is 42.5 Å². The Hall–Kier alpha value is -2.86. The molecule has 0 aliphatic heterocycles. The molecule has 26 heavy (non-hydrogen) atoms. The molecule has 0 unspecified atom stereocenters. The zero-order valence-electron chi connectivity index (χ0n) is 14.0. The van der Waals surface area contributed by atoms with Crippen molar-refractivity contribution < 1.29 is 18.3 Å². The number of carbonyl (C=O) groups is 1.